The number of hydrogen-bond acceptors (Lipinski definition) is 9. The summed E-state index contributed by atoms with van der Waals surface area (Å²) in [5.74, 6) is 0.693. The monoisotopic (exact) mass is 427 g/mol. The number of nitro groups is 1. The highest BCUT2D eigenvalue weighted by Gasteiger charge is 2.16. The molecule has 10 heteroatoms. The molecule has 0 atom stereocenters. The molecular formula is C21H21N3O7. The number of rotatable bonds is 10. The Hall–Kier alpha value is -3.95. The van der Waals surface area contributed by atoms with Crippen LogP contribution < -0.4 is 9.47 Å². The molecule has 0 saturated heterocycles. The van der Waals surface area contributed by atoms with Crippen molar-refractivity contribution in [3.63, 3.8) is 0 Å². The lowest BCUT2D eigenvalue weighted by Gasteiger charge is -2.12. The van der Waals surface area contributed by atoms with Crippen LogP contribution in [0.25, 0.3) is 11.5 Å². The lowest BCUT2D eigenvalue weighted by atomic mass is 10.2. The first-order chi connectivity index (χ1) is 15.0. The molecule has 1 aromatic heterocycles. The van der Waals surface area contributed by atoms with E-state index in [1.807, 2.05) is 13.8 Å². The van der Waals surface area contributed by atoms with Gasteiger partial charge in [0.05, 0.1) is 23.7 Å². The quantitative estimate of drug-likeness (QED) is 0.266. The van der Waals surface area contributed by atoms with Gasteiger partial charge in [-0.1, -0.05) is 6.92 Å². The molecule has 162 valence electrons. The lowest BCUT2D eigenvalue weighted by molar-refractivity contribution is -0.384. The number of aromatic nitrogens is 2. The number of hydrogen-bond donors (Lipinski definition) is 0. The fourth-order valence-electron chi connectivity index (χ4n) is 2.60. The molecule has 0 aliphatic rings. The SMILES string of the molecule is CCCOc1ccc(C(=O)OCc2nnc(-c3ccc([N+](=O)[O-])cc3)o2)cc1OCC. The Bertz CT molecular complexity index is 1050. The molecule has 0 fully saturated rings. The van der Waals surface area contributed by atoms with Crippen LogP contribution in [0.1, 0.15) is 36.5 Å². The number of esters is 1. The van der Waals surface area contributed by atoms with Crippen LogP contribution in [-0.4, -0.2) is 34.3 Å². The van der Waals surface area contributed by atoms with Gasteiger partial charge < -0.3 is 18.6 Å². The molecule has 0 bridgehead atoms. The van der Waals surface area contributed by atoms with E-state index in [1.54, 1.807) is 18.2 Å². The zero-order valence-electron chi connectivity index (χ0n) is 17.1. The highest BCUT2D eigenvalue weighted by atomic mass is 16.6. The Labute approximate surface area is 177 Å². The Morgan fingerprint density at radius 2 is 1.84 bits per heavy atom. The summed E-state index contributed by atoms with van der Waals surface area (Å²) in [7, 11) is 0. The van der Waals surface area contributed by atoms with E-state index in [4.69, 9.17) is 18.6 Å². The molecule has 0 N–H and O–H groups in total. The molecule has 3 rings (SSSR count). The third-order valence-corrected chi connectivity index (χ3v) is 4.06. The van der Waals surface area contributed by atoms with Gasteiger partial charge in [-0.3, -0.25) is 10.1 Å². The molecule has 0 saturated carbocycles. The van der Waals surface area contributed by atoms with Gasteiger partial charge in [0.2, 0.25) is 5.89 Å². The first-order valence-corrected chi connectivity index (χ1v) is 9.65. The Morgan fingerprint density at radius 1 is 1.06 bits per heavy atom. The van der Waals surface area contributed by atoms with Gasteiger partial charge in [-0.2, -0.15) is 0 Å². The van der Waals surface area contributed by atoms with Gasteiger partial charge in [-0.25, -0.2) is 4.79 Å². The summed E-state index contributed by atoms with van der Waals surface area (Å²) in [5, 5.41) is 18.4. The van der Waals surface area contributed by atoms with Crippen LogP contribution in [0.15, 0.2) is 46.9 Å². The molecule has 0 amide bonds. The molecule has 1 heterocycles. The summed E-state index contributed by atoms with van der Waals surface area (Å²) >= 11 is 0. The van der Waals surface area contributed by atoms with Crippen molar-refractivity contribution in [3.05, 3.63) is 64.0 Å². The fraction of sp³-hybridized carbons (Fsp3) is 0.286. The Balaban J connectivity index is 1.64. The van der Waals surface area contributed by atoms with Crippen LogP contribution >= 0.6 is 0 Å². The molecule has 31 heavy (non-hydrogen) atoms. The average Bonchev–Trinajstić information content (AvgIpc) is 3.26. The van der Waals surface area contributed by atoms with Gasteiger partial charge in [-0.15, -0.1) is 10.2 Å². The van der Waals surface area contributed by atoms with Gasteiger partial charge in [0.1, 0.15) is 0 Å². The zero-order chi connectivity index (χ0) is 22.2. The second-order valence-electron chi connectivity index (χ2n) is 6.32. The van der Waals surface area contributed by atoms with Crippen LogP contribution in [0.3, 0.4) is 0 Å². The van der Waals surface area contributed by atoms with E-state index in [0.717, 1.165) is 6.42 Å². The highest BCUT2D eigenvalue weighted by molar-refractivity contribution is 5.90. The molecule has 0 aliphatic heterocycles. The van der Waals surface area contributed by atoms with Crippen molar-refractivity contribution in [1.82, 2.24) is 10.2 Å². The summed E-state index contributed by atoms with van der Waals surface area (Å²) < 4.78 is 21.9. The first-order valence-electron chi connectivity index (χ1n) is 9.65. The van der Waals surface area contributed by atoms with E-state index in [1.165, 1.54) is 24.3 Å². The van der Waals surface area contributed by atoms with E-state index < -0.39 is 10.9 Å². The number of non-ortho nitro benzene ring substituents is 1. The van der Waals surface area contributed by atoms with Crippen molar-refractivity contribution in [3.8, 4) is 23.0 Å². The van der Waals surface area contributed by atoms with Crippen LogP contribution in [0.2, 0.25) is 0 Å². The minimum absolute atomic E-state index is 0.0463. The number of carbonyl (C=O) groups excluding carboxylic acids is 1. The number of carbonyl (C=O) groups is 1. The minimum Gasteiger partial charge on any atom is -0.490 e. The standard InChI is InChI=1S/C21H21N3O7/c1-3-11-29-17-10-7-15(12-18(17)28-4-2)21(25)30-13-19-22-23-20(31-19)14-5-8-16(9-6-14)24(26)27/h5-10,12H,3-4,11,13H2,1-2H3. The lowest BCUT2D eigenvalue weighted by Crippen LogP contribution is -2.07. The van der Waals surface area contributed by atoms with Crippen molar-refractivity contribution in [2.75, 3.05) is 13.2 Å². The van der Waals surface area contributed by atoms with Crippen molar-refractivity contribution in [2.24, 2.45) is 0 Å². The smallest absolute Gasteiger partial charge is 0.338 e. The van der Waals surface area contributed by atoms with Crippen molar-refractivity contribution < 1.29 is 28.3 Å². The molecule has 2 aromatic carbocycles. The number of ether oxygens (including phenoxy) is 3. The topological polar surface area (TPSA) is 127 Å². The van der Waals surface area contributed by atoms with Gasteiger partial charge in [0, 0.05) is 17.7 Å². The number of nitrogens with zero attached hydrogens (tertiary/aromatic N) is 3. The number of nitro benzene ring substituents is 1. The summed E-state index contributed by atoms with van der Waals surface area (Å²) in [6.07, 6.45) is 0.849. The van der Waals surface area contributed by atoms with Crippen molar-refractivity contribution >= 4 is 11.7 Å². The number of benzene rings is 2. The summed E-state index contributed by atoms with van der Waals surface area (Å²) in [6, 6.07) is 10.5. The largest absolute Gasteiger partial charge is 0.490 e. The molecule has 3 aromatic rings. The van der Waals surface area contributed by atoms with E-state index >= 15 is 0 Å². The normalized spacial score (nSPS) is 10.5. The maximum Gasteiger partial charge on any atom is 0.338 e. The van der Waals surface area contributed by atoms with E-state index in [-0.39, 0.29) is 24.1 Å². The predicted octanol–water partition coefficient (Wildman–Crippen LogP) is 4.19. The summed E-state index contributed by atoms with van der Waals surface area (Å²) in [5.41, 5.74) is 0.761. The van der Waals surface area contributed by atoms with Crippen LogP contribution in [0, 0.1) is 10.1 Å². The molecular weight excluding hydrogens is 406 g/mol. The second-order valence-corrected chi connectivity index (χ2v) is 6.32. The summed E-state index contributed by atoms with van der Waals surface area (Å²) in [6.45, 7) is 4.58. The zero-order valence-corrected chi connectivity index (χ0v) is 17.1. The predicted molar refractivity (Wildman–Crippen MR) is 109 cm³/mol. The van der Waals surface area contributed by atoms with Gasteiger partial charge in [0.15, 0.2) is 18.1 Å². The van der Waals surface area contributed by atoms with Crippen LogP contribution in [0.4, 0.5) is 5.69 Å². The fourth-order valence-corrected chi connectivity index (χ4v) is 2.60. The highest BCUT2D eigenvalue weighted by Crippen LogP contribution is 2.29. The average molecular weight is 427 g/mol. The third kappa shape index (κ3) is 5.56. The Kier molecular flexibility index (Phi) is 7.15. The summed E-state index contributed by atoms with van der Waals surface area (Å²) in [4.78, 5) is 22.6. The van der Waals surface area contributed by atoms with Gasteiger partial charge in [-0.05, 0) is 43.7 Å². The van der Waals surface area contributed by atoms with Gasteiger partial charge in [0.25, 0.3) is 11.6 Å². The van der Waals surface area contributed by atoms with Gasteiger partial charge >= 0.3 is 5.97 Å². The Morgan fingerprint density at radius 3 is 2.52 bits per heavy atom. The maximum absolute atomic E-state index is 12.4. The van der Waals surface area contributed by atoms with Crippen LogP contribution in [-0.2, 0) is 11.3 Å². The van der Waals surface area contributed by atoms with Crippen molar-refractivity contribution in [1.29, 1.82) is 0 Å². The molecule has 0 spiro atoms. The molecule has 10 nitrogen and oxygen atoms in total. The van der Waals surface area contributed by atoms with Crippen molar-refractivity contribution in [2.45, 2.75) is 26.9 Å². The van der Waals surface area contributed by atoms with Crippen LogP contribution in [0.5, 0.6) is 11.5 Å². The first kappa shape index (κ1) is 21.8. The third-order valence-electron chi connectivity index (χ3n) is 4.06. The molecule has 0 aliphatic carbocycles. The molecule has 0 radical (unpaired) electrons. The van der Waals surface area contributed by atoms with E-state index in [2.05, 4.69) is 10.2 Å². The van der Waals surface area contributed by atoms with E-state index in [9.17, 15) is 14.9 Å². The molecule has 0 unspecified atom stereocenters. The minimum atomic E-state index is -0.585. The second kappa shape index (κ2) is 10.2. The maximum atomic E-state index is 12.4. The van der Waals surface area contributed by atoms with E-state index in [0.29, 0.717) is 35.8 Å².